The summed E-state index contributed by atoms with van der Waals surface area (Å²) in [6.45, 7) is 3.91. The van der Waals surface area contributed by atoms with E-state index in [-0.39, 0.29) is 12.0 Å². The summed E-state index contributed by atoms with van der Waals surface area (Å²) in [6, 6.07) is 3.47. The van der Waals surface area contributed by atoms with Crippen LogP contribution in [-0.2, 0) is 0 Å². The van der Waals surface area contributed by atoms with Crippen LogP contribution in [0.1, 0.15) is 27.3 Å². The normalized spacial score (nSPS) is 17.5. The van der Waals surface area contributed by atoms with Crippen LogP contribution in [0.2, 0.25) is 0 Å². The number of ether oxygens (including phenoxy) is 1. The fraction of sp³-hybridized carbons (Fsp3) is 0.400. The molecule has 0 spiro atoms. The zero-order valence-electron chi connectivity index (χ0n) is 12.5. The predicted molar refractivity (Wildman–Crippen MR) is 90.1 cm³/mol. The molecule has 1 aliphatic rings. The largest absolute Gasteiger partial charge is 0.473 e. The number of aryl methyl sites for hydroxylation is 2. The highest BCUT2D eigenvalue weighted by Crippen LogP contribution is 2.26. The van der Waals surface area contributed by atoms with Crippen LogP contribution >= 0.6 is 23.1 Å². The molecule has 3 rings (SSSR count). The number of hydrogen-bond donors (Lipinski definition) is 1. The van der Waals surface area contributed by atoms with Crippen molar-refractivity contribution in [2.45, 2.75) is 26.4 Å². The van der Waals surface area contributed by atoms with Crippen LogP contribution in [0.4, 0.5) is 5.13 Å². The number of hydrogen-bond acceptors (Lipinski definition) is 6. The number of anilines is 1. The van der Waals surface area contributed by atoms with Gasteiger partial charge in [-0.1, -0.05) is 0 Å². The van der Waals surface area contributed by atoms with Gasteiger partial charge in [0.2, 0.25) is 5.88 Å². The third-order valence-electron chi connectivity index (χ3n) is 3.43. The Labute approximate surface area is 137 Å². The fourth-order valence-corrected chi connectivity index (χ4v) is 4.02. The number of pyridine rings is 1. The van der Waals surface area contributed by atoms with E-state index in [1.807, 2.05) is 25.6 Å². The van der Waals surface area contributed by atoms with Gasteiger partial charge in [0.1, 0.15) is 11.7 Å². The highest BCUT2D eigenvalue weighted by Gasteiger charge is 2.21. The zero-order valence-corrected chi connectivity index (χ0v) is 14.1. The van der Waals surface area contributed by atoms with E-state index in [2.05, 4.69) is 15.3 Å². The molecular weight excluding hydrogens is 318 g/mol. The SMILES string of the molecule is Cc1nc(NC(=O)c2cccnc2OC2CCSC2)sc1C. The molecule has 1 fully saturated rings. The molecule has 1 atom stereocenters. The Hall–Kier alpha value is -1.60. The molecule has 0 bridgehead atoms. The maximum absolute atomic E-state index is 12.5. The number of rotatable bonds is 4. The minimum atomic E-state index is -0.234. The van der Waals surface area contributed by atoms with Gasteiger partial charge in [-0.25, -0.2) is 9.97 Å². The maximum atomic E-state index is 12.5. The minimum absolute atomic E-state index is 0.135. The molecule has 7 heteroatoms. The van der Waals surface area contributed by atoms with Crippen LogP contribution in [0.25, 0.3) is 0 Å². The first kappa shape index (κ1) is 15.3. The van der Waals surface area contributed by atoms with Gasteiger partial charge >= 0.3 is 0 Å². The smallest absolute Gasteiger partial charge is 0.262 e. The fourth-order valence-electron chi connectivity index (χ4n) is 2.11. The minimum Gasteiger partial charge on any atom is -0.473 e. The number of amides is 1. The molecule has 1 saturated heterocycles. The molecule has 0 aliphatic carbocycles. The number of thioether (sulfide) groups is 1. The first-order valence-corrected chi connectivity index (χ1v) is 9.05. The van der Waals surface area contributed by atoms with Gasteiger partial charge in [-0.3, -0.25) is 10.1 Å². The topological polar surface area (TPSA) is 64.1 Å². The third kappa shape index (κ3) is 3.41. The van der Waals surface area contributed by atoms with Gasteiger partial charge in [0, 0.05) is 16.8 Å². The van der Waals surface area contributed by atoms with Gasteiger partial charge in [0.05, 0.1) is 5.69 Å². The Morgan fingerprint density at radius 2 is 2.32 bits per heavy atom. The van der Waals surface area contributed by atoms with E-state index in [9.17, 15) is 4.79 Å². The van der Waals surface area contributed by atoms with E-state index in [1.54, 1.807) is 18.3 Å². The standard InChI is InChI=1S/C15H17N3O2S2/c1-9-10(2)22-15(17-9)18-13(19)12-4-3-6-16-14(12)20-11-5-7-21-8-11/h3-4,6,11H,5,7-8H2,1-2H3,(H,17,18,19). The molecule has 5 nitrogen and oxygen atoms in total. The van der Waals surface area contributed by atoms with Crippen molar-refractivity contribution in [3.63, 3.8) is 0 Å². The van der Waals surface area contributed by atoms with Crippen LogP contribution in [0.5, 0.6) is 5.88 Å². The number of thiazole rings is 1. The Morgan fingerprint density at radius 1 is 1.45 bits per heavy atom. The van der Waals surface area contributed by atoms with Crippen LogP contribution in [0, 0.1) is 13.8 Å². The lowest BCUT2D eigenvalue weighted by atomic mass is 10.2. The Balaban J connectivity index is 1.76. The predicted octanol–water partition coefficient (Wildman–Crippen LogP) is 3.29. The lowest BCUT2D eigenvalue weighted by molar-refractivity contribution is 0.101. The Kier molecular flexibility index (Phi) is 4.63. The monoisotopic (exact) mass is 335 g/mol. The first-order valence-electron chi connectivity index (χ1n) is 7.08. The van der Waals surface area contributed by atoms with E-state index in [0.717, 1.165) is 28.5 Å². The second kappa shape index (κ2) is 6.66. The lowest BCUT2D eigenvalue weighted by Crippen LogP contribution is -2.20. The van der Waals surface area contributed by atoms with E-state index < -0.39 is 0 Å². The molecule has 0 radical (unpaired) electrons. The van der Waals surface area contributed by atoms with E-state index >= 15 is 0 Å². The molecule has 3 heterocycles. The number of carbonyl (C=O) groups is 1. The molecule has 1 unspecified atom stereocenters. The molecule has 2 aromatic rings. The molecule has 1 amide bonds. The van der Waals surface area contributed by atoms with Gasteiger partial charge < -0.3 is 4.74 Å². The second-order valence-electron chi connectivity index (χ2n) is 5.07. The summed E-state index contributed by atoms with van der Waals surface area (Å²) in [5, 5.41) is 3.43. The van der Waals surface area contributed by atoms with Crippen molar-refractivity contribution in [3.8, 4) is 5.88 Å². The summed E-state index contributed by atoms with van der Waals surface area (Å²) in [5.74, 6) is 2.21. The quantitative estimate of drug-likeness (QED) is 0.929. The molecule has 22 heavy (non-hydrogen) atoms. The van der Waals surface area contributed by atoms with Crippen LogP contribution < -0.4 is 10.1 Å². The highest BCUT2D eigenvalue weighted by molar-refractivity contribution is 7.99. The molecule has 1 N–H and O–H groups in total. The molecular formula is C15H17N3O2S2. The summed E-state index contributed by atoms with van der Waals surface area (Å²) in [7, 11) is 0. The van der Waals surface area contributed by atoms with Crippen molar-refractivity contribution in [3.05, 3.63) is 34.5 Å². The first-order chi connectivity index (χ1) is 10.6. The second-order valence-corrected chi connectivity index (χ2v) is 7.43. The summed E-state index contributed by atoms with van der Waals surface area (Å²) in [6.07, 6.45) is 2.77. The van der Waals surface area contributed by atoms with Gasteiger partial charge in [-0.15, -0.1) is 11.3 Å². The van der Waals surface area contributed by atoms with Gasteiger partial charge in [-0.2, -0.15) is 11.8 Å². The van der Waals surface area contributed by atoms with Crippen molar-refractivity contribution < 1.29 is 9.53 Å². The van der Waals surface area contributed by atoms with Crippen molar-refractivity contribution in [2.24, 2.45) is 0 Å². The number of aromatic nitrogens is 2. The average Bonchev–Trinajstić information content (AvgIpc) is 3.10. The van der Waals surface area contributed by atoms with Crippen molar-refractivity contribution in [1.82, 2.24) is 9.97 Å². The number of nitrogens with one attached hydrogen (secondary N) is 1. The molecule has 0 saturated carbocycles. The van der Waals surface area contributed by atoms with Gasteiger partial charge in [-0.05, 0) is 38.2 Å². The van der Waals surface area contributed by atoms with Crippen molar-refractivity contribution in [1.29, 1.82) is 0 Å². The van der Waals surface area contributed by atoms with Crippen LogP contribution in [0.3, 0.4) is 0 Å². The maximum Gasteiger partial charge on any atom is 0.262 e. The van der Waals surface area contributed by atoms with E-state index in [4.69, 9.17) is 4.74 Å². The van der Waals surface area contributed by atoms with Crippen LogP contribution in [0.15, 0.2) is 18.3 Å². The summed E-state index contributed by atoms with van der Waals surface area (Å²) in [4.78, 5) is 22.1. The molecule has 1 aliphatic heterocycles. The third-order valence-corrected chi connectivity index (χ3v) is 5.55. The zero-order chi connectivity index (χ0) is 15.5. The van der Waals surface area contributed by atoms with Gasteiger partial charge in [0.25, 0.3) is 5.91 Å². The van der Waals surface area contributed by atoms with E-state index in [0.29, 0.717) is 16.6 Å². The Bertz CT molecular complexity index is 662. The summed E-state index contributed by atoms with van der Waals surface area (Å²) >= 11 is 3.33. The van der Waals surface area contributed by atoms with Gasteiger partial charge in [0.15, 0.2) is 5.13 Å². The number of carbonyl (C=O) groups excluding carboxylic acids is 1. The van der Waals surface area contributed by atoms with Crippen molar-refractivity contribution in [2.75, 3.05) is 16.8 Å². The summed E-state index contributed by atoms with van der Waals surface area (Å²) in [5.41, 5.74) is 1.39. The van der Waals surface area contributed by atoms with Crippen LogP contribution in [-0.4, -0.2) is 33.5 Å². The summed E-state index contributed by atoms with van der Waals surface area (Å²) < 4.78 is 5.88. The highest BCUT2D eigenvalue weighted by atomic mass is 32.2. The molecule has 2 aromatic heterocycles. The lowest BCUT2D eigenvalue weighted by Gasteiger charge is -2.14. The molecule has 0 aromatic carbocycles. The molecule has 116 valence electrons. The number of nitrogens with zero attached hydrogens (tertiary/aromatic N) is 2. The Morgan fingerprint density at radius 3 is 3.00 bits per heavy atom. The average molecular weight is 335 g/mol. The van der Waals surface area contributed by atoms with Crippen molar-refractivity contribution >= 4 is 34.1 Å². The van der Waals surface area contributed by atoms with E-state index in [1.165, 1.54) is 11.3 Å².